The average Bonchev–Trinajstić information content (AvgIpc) is 2.54. The molecular weight excluding hydrogens is 306 g/mol. The molecule has 0 amide bonds. The molecular formula is C19H23NO4. The smallest absolute Gasteiger partial charge is 0.161 e. The molecule has 0 spiro atoms. The molecule has 24 heavy (non-hydrogen) atoms. The summed E-state index contributed by atoms with van der Waals surface area (Å²) in [6.45, 7) is 5.25. The molecule has 1 saturated carbocycles. The van der Waals surface area contributed by atoms with Crippen LogP contribution in [0.15, 0.2) is 24.8 Å². The molecule has 1 aromatic carbocycles. The van der Waals surface area contributed by atoms with E-state index in [9.17, 15) is 20.1 Å². The number of carbonyl (C=O) groups is 1. The van der Waals surface area contributed by atoms with Crippen LogP contribution in [0.2, 0.25) is 0 Å². The van der Waals surface area contributed by atoms with Crippen molar-refractivity contribution in [3.05, 3.63) is 35.9 Å². The number of aromatic hydroxyl groups is 2. The molecule has 5 nitrogen and oxygen atoms in total. The van der Waals surface area contributed by atoms with E-state index in [4.69, 9.17) is 0 Å². The molecule has 2 aliphatic carbocycles. The van der Waals surface area contributed by atoms with Gasteiger partial charge in [0.05, 0.1) is 5.60 Å². The molecule has 1 saturated heterocycles. The highest BCUT2D eigenvalue weighted by atomic mass is 16.3. The molecule has 3 atom stereocenters. The van der Waals surface area contributed by atoms with Crippen LogP contribution in [0, 0.1) is 0 Å². The minimum Gasteiger partial charge on any atom is -0.504 e. The van der Waals surface area contributed by atoms with Crippen LogP contribution in [0.25, 0.3) is 0 Å². The SMILES string of the molecule is C=CCN1CC[C@]23CC(=O)CC[C@@]2(O)[C@H]1Cc1ccc(O)c(O)c13. The van der Waals surface area contributed by atoms with Gasteiger partial charge in [-0.15, -0.1) is 6.58 Å². The van der Waals surface area contributed by atoms with Gasteiger partial charge >= 0.3 is 0 Å². The Balaban J connectivity index is 1.96. The zero-order chi connectivity index (χ0) is 17.1. The Morgan fingerprint density at radius 3 is 2.88 bits per heavy atom. The fourth-order valence-electron chi connectivity index (χ4n) is 5.38. The first kappa shape index (κ1) is 15.7. The van der Waals surface area contributed by atoms with Crippen molar-refractivity contribution in [1.29, 1.82) is 0 Å². The van der Waals surface area contributed by atoms with E-state index in [1.165, 1.54) is 6.07 Å². The predicted octanol–water partition coefficient (Wildman–Crippen LogP) is 1.64. The molecule has 1 aromatic rings. The molecule has 128 valence electrons. The topological polar surface area (TPSA) is 81.0 Å². The number of aliphatic hydroxyl groups is 1. The lowest BCUT2D eigenvalue weighted by atomic mass is 9.49. The number of fused-ring (bicyclic) bond motifs is 1. The van der Waals surface area contributed by atoms with Crippen LogP contribution in [0.1, 0.15) is 36.8 Å². The van der Waals surface area contributed by atoms with E-state index < -0.39 is 11.0 Å². The van der Waals surface area contributed by atoms with Crippen LogP contribution in [0.5, 0.6) is 11.5 Å². The van der Waals surface area contributed by atoms with Crippen LogP contribution in [-0.2, 0) is 16.6 Å². The Labute approximate surface area is 141 Å². The van der Waals surface area contributed by atoms with Crippen molar-refractivity contribution in [2.24, 2.45) is 0 Å². The van der Waals surface area contributed by atoms with Crippen molar-refractivity contribution in [3.63, 3.8) is 0 Å². The average molecular weight is 329 g/mol. The van der Waals surface area contributed by atoms with Crippen molar-refractivity contribution in [1.82, 2.24) is 4.90 Å². The molecule has 1 heterocycles. The van der Waals surface area contributed by atoms with E-state index in [-0.39, 0.29) is 29.7 Å². The van der Waals surface area contributed by atoms with E-state index in [0.29, 0.717) is 37.8 Å². The van der Waals surface area contributed by atoms with E-state index in [1.54, 1.807) is 0 Å². The molecule has 2 fully saturated rings. The molecule has 2 bridgehead atoms. The maximum Gasteiger partial charge on any atom is 0.161 e. The van der Waals surface area contributed by atoms with Crippen LogP contribution in [0.4, 0.5) is 0 Å². The van der Waals surface area contributed by atoms with Gasteiger partial charge in [-0.1, -0.05) is 12.1 Å². The molecule has 0 unspecified atom stereocenters. The third kappa shape index (κ3) is 1.80. The van der Waals surface area contributed by atoms with E-state index in [1.807, 2.05) is 12.1 Å². The number of ketones is 1. The van der Waals surface area contributed by atoms with Gasteiger partial charge in [0.25, 0.3) is 0 Å². The number of piperidine rings is 1. The molecule has 1 aliphatic heterocycles. The lowest BCUT2D eigenvalue weighted by molar-refractivity contribution is -0.171. The van der Waals surface area contributed by atoms with Crippen LogP contribution in [-0.4, -0.2) is 50.7 Å². The van der Waals surface area contributed by atoms with E-state index in [0.717, 1.165) is 12.1 Å². The standard InChI is InChI=1S/C19H23NO4/c1-2-8-20-9-7-18-11-13(21)5-6-19(18,24)15(20)10-12-3-4-14(22)17(23)16(12)18/h2-4,15,22-24H,1,5-11H2/t15-,18-,19-/m1/s1. The van der Waals surface area contributed by atoms with Crippen molar-refractivity contribution in [2.45, 2.75) is 49.2 Å². The summed E-state index contributed by atoms with van der Waals surface area (Å²) in [4.78, 5) is 14.5. The highest BCUT2D eigenvalue weighted by Gasteiger charge is 2.65. The highest BCUT2D eigenvalue weighted by Crippen LogP contribution is 2.60. The van der Waals surface area contributed by atoms with Crippen molar-refractivity contribution in [2.75, 3.05) is 13.1 Å². The molecule has 3 aliphatic rings. The number of carbonyl (C=O) groups excluding carboxylic acids is 1. The number of phenols is 2. The van der Waals surface area contributed by atoms with Gasteiger partial charge in [-0.25, -0.2) is 0 Å². The quantitative estimate of drug-likeness (QED) is 0.568. The summed E-state index contributed by atoms with van der Waals surface area (Å²) >= 11 is 0. The Bertz CT molecular complexity index is 730. The number of hydrogen-bond donors (Lipinski definition) is 3. The van der Waals surface area contributed by atoms with Gasteiger partial charge in [0.2, 0.25) is 0 Å². The maximum atomic E-state index is 12.3. The number of nitrogens with zero attached hydrogens (tertiary/aromatic N) is 1. The number of phenolic OH excluding ortho intramolecular Hbond substituents is 2. The molecule has 5 heteroatoms. The maximum absolute atomic E-state index is 12.3. The minimum atomic E-state index is -1.07. The molecule has 4 rings (SSSR count). The van der Waals surface area contributed by atoms with Gasteiger partial charge in [0.1, 0.15) is 5.78 Å². The van der Waals surface area contributed by atoms with Gasteiger partial charge in [0.15, 0.2) is 11.5 Å². The third-order valence-corrected chi connectivity index (χ3v) is 6.43. The number of Topliss-reactive ketones (excluding diaryl/α,β-unsaturated/α-hetero) is 1. The summed E-state index contributed by atoms with van der Waals surface area (Å²) < 4.78 is 0. The first-order valence-corrected chi connectivity index (χ1v) is 8.56. The van der Waals surface area contributed by atoms with Gasteiger partial charge in [-0.2, -0.15) is 0 Å². The first-order valence-electron chi connectivity index (χ1n) is 8.56. The van der Waals surface area contributed by atoms with Gasteiger partial charge in [-0.05, 0) is 37.4 Å². The Hall–Kier alpha value is -1.85. The Morgan fingerprint density at radius 2 is 2.12 bits per heavy atom. The largest absolute Gasteiger partial charge is 0.504 e. The minimum absolute atomic E-state index is 0.103. The second-order valence-electron chi connectivity index (χ2n) is 7.44. The first-order chi connectivity index (χ1) is 11.4. The van der Waals surface area contributed by atoms with Gasteiger partial charge in [-0.3, -0.25) is 9.69 Å². The van der Waals surface area contributed by atoms with Crippen molar-refractivity contribution >= 4 is 5.78 Å². The lowest BCUT2D eigenvalue weighted by Crippen LogP contribution is -2.73. The highest BCUT2D eigenvalue weighted by molar-refractivity contribution is 5.83. The van der Waals surface area contributed by atoms with Crippen LogP contribution in [0.3, 0.4) is 0 Å². The summed E-state index contributed by atoms with van der Waals surface area (Å²) in [6, 6.07) is 3.21. The number of likely N-dealkylation sites (tertiary alicyclic amines) is 1. The summed E-state index contributed by atoms with van der Waals surface area (Å²) in [5.74, 6) is -0.238. The van der Waals surface area contributed by atoms with Gasteiger partial charge < -0.3 is 15.3 Å². The summed E-state index contributed by atoms with van der Waals surface area (Å²) in [5.41, 5.74) is -0.363. The monoisotopic (exact) mass is 329 g/mol. The number of hydrogen-bond acceptors (Lipinski definition) is 5. The third-order valence-electron chi connectivity index (χ3n) is 6.43. The van der Waals surface area contributed by atoms with Gasteiger partial charge in [0, 0.05) is 36.4 Å². The number of benzene rings is 1. The predicted molar refractivity (Wildman–Crippen MR) is 89.1 cm³/mol. The Kier molecular flexibility index (Phi) is 3.31. The summed E-state index contributed by atoms with van der Waals surface area (Å²) in [5, 5.41) is 32.3. The molecule has 0 radical (unpaired) electrons. The van der Waals surface area contributed by atoms with Crippen molar-refractivity contribution < 1.29 is 20.1 Å². The molecule has 0 aromatic heterocycles. The Morgan fingerprint density at radius 1 is 1.33 bits per heavy atom. The zero-order valence-corrected chi connectivity index (χ0v) is 13.7. The fraction of sp³-hybridized carbons (Fsp3) is 0.526. The fourth-order valence-corrected chi connectivity index (χ4v) is 5.38. The normalized spacial score (nSPS) is 35.2. The molecule has 3 N–H and O–H groups in total. The lowest BCUT2D eigenvalue weighted by Gasteiger charge is -2.63. The number of rotatable bonds is 2. The van der Waals surface area contributed by atoms with Crippen molar-refractivity contribution in [3.8, 4) is 11.5 Å². The second-order valence-corrected chi connectivity index (χ2v) is 7.44. The summed E-state index contributed by atoms with van der Waals surface area (Å²) in [6.07, 6.45) is 4.03. The zero-order valence-electron chi connectivity index (χ0n) is 13.7. The van der Waals surface area contributed by atoms with E-state index in [2.05, 4.69) is 11.5 Å². The van der Waals surface area contributed by atoms with Crippen LogP contribution < -0.4 is 0 Å². The second kappa shape index (κ2) is 5.07. The van der Waals surface area contributed by atoms with E-state index >= 15 is 0 Å². The van der Waals surface area contributed by atoms with Crippen LogP contribution >= 0.6 is 0 Å². The summed E-state index contributed by atoms with van der Waals surface area (Å²) in [7, 11) is 0.